The molecule has 2 rings (SSSR count). The van der Waals surface area contributed by atoms with Crippen LogP contribution in [0.1, 0.15) is 23.8 Å². The van der Waals surface area contributed by atoms with Crippen LogP contribution in [0.25, 0.3) is 10.9 Å². The Morgan fingerprint density at radius 1 is 1.58 bits per heavy atom. The van der Waals surface area contributed by atoms with Gasteiger partial charge in [-0.2, -0.15) is 5.10 Å². The molecule has 1 atom stereocenters. The highest BCUT2D eigenvalue weighted by molar-refractivity contribution is 6.05. The lowest BCUT2D eigenvalue weighted by Gasteiger charge is -2.12. The number of anilines is 1. The van der Waals surface area contributed by atoms with Crippen molar-refractivity contribution < 1.29 is 9.53 Å². The predicted molar refractivity (Wildman–Crippen MR) is 73.9 cm³/mol. The number of hydrogen-bond donors (Lipinski definition) is 3. The SMILES string of the molecule is COCCC(C)NC(=O)c1n[nH]c2ccc(N)cc12. The lowest BCUT2D eigenvalue weighted by molar-refractivity contribution is 0.0926. The summed E-state index contributed by atoms with van der Waals surface area (Å²) in [6.45, 7) is 2.54. The second-order valence-corrected chi connectivity index (χ2v) is 4.53. The second kappa shape index (κ2) is 5.71. The van der Waals surface area contributed by atoms with Gasteiger partial charge in [0.25, 0.3) is 5.91 Å². The van der Waals surface area contributed by atoms with Gasteiger partial charge >= 0.3 is 0 Å². The average molecular weight is 262 g/mol. The van der Waals surface area contributed by atoms with E-state index in [0.717, 1.165) is 17.3 Å². The van der Waals surface area contributed by atoms with E-state index in [9.17, 15) is 4.79 Å². The average Bonchev–Trinajstić information content (AvgIpc) is 2.79. The summed E-state index contributed by atoms with van der Waals surface area (Å²) in [5.74, 6) is -0.208. The standard InChI is InChI=1S/C13H18N4O2/c1-8(5-6-19-2)15-13(18)12-10-7-9(14)3-4-11(10)16-17-12/h3-4,7-8H,5-6,14H2,1-2H3,(H,15,18)(H,16,17). The molecule has 1 unspecified atom stereocenters. The molecule has 19 heavy (non-hydrogen) atoms. The lowest BCUT2D eigenvalue weighted by Crippen LogP contribution is -2.33. The molecule has 6 heteroatoms. The van der Waals surface area contributed by atoms with Crippen LogP contribution in [0.5, 0.6) is 0 Å². The molecule has 0 aliphatic heterocycles. The fourth-order valence-electron chi connectivity index (χ4n) is 1.86. The number of aromatic amines is 1. The number of aromatic nitrogens is 2. The molecule has 2 aromatic rings. The van der Waals surface area contributed by atoms with Gasteiger partial charge in [-0.15, -0.1) is 0 Å². The third-order valence-corrected chi connectivity index (χ3v) is 2.93. The van der Waals surface area contributed by atoms with E-state index >= 15 is 0 Å². The number of amides is 1. The summed E-state index contributed by atoms with van der Waals surface area (Å²) in [5, 5.41) is 10.5. The Bertz CT molecular complexity index is 579. The van der Waals surface area contributed by atoms with Gasteiger partial charge < -0.3 is 15.8 Å². The van der Waals surface area contributed by atoms with Gasteiger partial charge in [0.15, 0.2) is 5.69 Å². The number of nitrogens with zero attached hydrogens (tertiary/aromatic N) is 1. The fourth-order valence-corrected chi connectivity index (χ4v) is 1.86. The summed E-state index contributed by atoms with van der Waals surface area (Å²) in [7, 11) is 1.64. The van der Waals surface area contributed by atoms with Crippen molar-refractivity contribution in [2.45, 2.75) is 19.4 Å². The maximum atomic E-state index is 12.1. The van der Waals surface area contributed by atoms with Gasteiger partial charge in [-0.25, -0.2) is 0 Å². The summed E-state index contributed by atoms with van der Waals surface area (Å²) in [6, 6.07) is 5.35. The zero-order valence-corrected chi connectivity index (χ0v) is 11.1. The van der Waals surface area contributed by atoms with Crippen LogP contribution < -0.4 is 11.1 Å². The summed E-state index contributed by atoms with van der Waals surface area (Å²) < 4.78 is 4.98. The van der Waals surface area contributed by atoms with Crippen molar-refractivity contribution in [2.24, 2.45) is 0 Å². The summed E-state index contributed by atoms with van der Waals surface area (Å²) in [4.78, 5) is 12.1. The second-order valence-electron chi connectivity index (χ2n) is 4.53. The molecule has 0 spiro atoms. The van der Waals surface area contributed by atoms with Gasteiger partial charge in [0, 0.05) is 30.8 Å². The molecule has 0 radical (unpaired) electrons. The smallest absolute Gasteiger partial charge is 0.272 e. The first-order valence-electron chi connectivity index (χ1n) is 6.15. The largest absolute Gasteiger partial charge is 0.399 e. The summed E-state index contributed by atoms with van der Waals surface area (Å²) in [6.07, 6.45) is 0.757. The van der Waals surface area contributed by atoms with Crippen molar-refractivity contribution in [1.82, 2.24) is 15.5 Å². The van der Waals surface area contributed by atoms with E-state index in [1.807, 2.05) is 13.0 Å². The quantitative estimate of drug-likeness (QED) is 0.708. The van der Waals surface area contributed by atoms with Crippen molar-refractivity contribution in [2.75, 3.05) is 19.5 Å². The molecule has 102 valence electrons. The topological polar surface area (TPSA) is 93.0 Å². The van der Waals surface area contributed by atoms with E-state index in [1.165, 1.54) is 0 Å². The number of benzene rings is 1. The number of hydrogen-bond acceptors (Lipinski definition) is 4. The highest BCUT2D eigenvalue weighted by Crippen LogP contribution is 2.18. The first-order chi connectivity index (χ1) is 9.11. The van der Waals surface area contributed by atoms with Crippen LogP contribution in [0.4, 0.5) is 5.69 Å². The molecule has 0 aliphatic rings. The third kappa shape index (κ3) is 3.03. The van der Waals surface area contributed by atoms with Crippen molar-refractivity contribution in [1.29, 1.82) is 0 Å². The monoisotopic (exact) mass is 262 g/mol. The Labute approximate surface area is 111 Å². The summed E-state index contributed by atoms with van der Waals surface area (Å²) in [5.41, 5.74) is 7.50. The van der Waals surface area contributed by atoms with Crippen LogP contribution in [0.15, 0.2) is 18.2 Å². The Morgan fingerprint density at radius 2 is 2.37 bits per heavy atom. The molecule has 1 aromatic carbocycles. The van der Waals surface area contributed by atoms with Crippen LogP contribution in [0, 0.1) is 0 Å². The van der Waals surface area contributed by atoms with Crippen LogP contribution in [0.3, 0.4) is 0 Å². The molecular weight excluding hydrogens is 244 g/mol. The maximum absolute atomic E-state index is 12.1. The van der Waals surface area contributed by atoms with Crippen molar-refractivity contribution >= 4 is 22.5 Å². The minimum absolute atomic E-state index is 0.0280. The first kappa shape index (κ1) is 13.4. The van der Waals surface area contributed by atoms with E-state index < -0.39 is 0 Å². The van der Waals surface area contributed by atoms with Crippen molar-refractivity contribution in [3.05, 3.63) is 23.9 Å². The number of nitrogens with one attached hydrogen (secondary N) is 2. The predicted octanol–water partition coefficient (Wildman–Crippen LogP) is 1.30. The van der Waals surface area contributed by atoms with Gasteiger partial charge in [-0.3, -0.25) is 9.89 Å². The van der Waals surface area contributed by atoms with Crippen molar-refractivity contribution in [3.63, 3.8) is 0 Å². The lowest BCUT2D eigenvalue weighted by atomic mass is 10.1. The molecule has 0 fully saturated rings. The van der Waals surface area contributed by atoms with Crippen LogP contribution >= 0.6 is 0 Å². The number of fused-ring (bicyclic) bond motifs is 1. The van der Waals surface area contributed by atoms with Crippen LogP contribution in [-0.2, 0) is 4.74 Å². The Hall–Kier alpha value is -2.08. The van der Waals surface area contributed by atoms with Gasteiger partial charge in [-0.1, -0.05) is 0 Å². The molecule has 0 aliphatic carbocycles. The Kier molecular flexibility index (Phi) is 4.01. The Morgan fingerprint density at radius 3 is 3.11 bits per heavy atom. The molecule has 4 N–H and O–H groups in total. The highest BCUT2D eigenvalue weighted by atomic mass is 16.5. The minimum atomic E-state index is -0.208. The number of rotatable bonds is 5. The van der Waals surface area contributed by atoms with E-state index in [0.29, 0.717) is 18.0 Å². The molecule has 0 saturated carbocycles. The number of carbonyl (C=O) groups is 1. The molecule has 0 saturated heterocycles. The van der Waals surface area contributed by atoms with Gasteiger partial charge in [0.05, 0.1) is 5.52 Å². The van der Waals surface area contributed by atoms with Crippen LogP contribution in [0.2, 0.25) is 0 Å². The maximum Gasteiger partial charge on any atom is 0.272 e. The zero-order valence-electron chi connectivity index (χ0n) is 11.1. The number of nitrogen functional groups attached to an aromatic ring is 1. The van der Waals surface area contributed by atoms with Crippen molar-refractivity contribution in [3.8, 4) is 0 Å². The van der Waals surface area contributed by atoms with E-state index in [2.05, 4.69) is 15.5 Å². The highest BCUT2D eigenvalue weighted by Gasteiger charge is 2.16. The fraction of sp³-hybridized carbons (Fsp3) is 0.385. The number of carbonyl (C=O) groups excluding carboxylic acids is 1. The van der Waals surface area contributed by atoms with Crippen LogP contribution in [-0.4, -0.2) is 35.9 Å². The Balaban J connectivity index is 2.15. The number of H-pyrrole nitrogens is 1. The number of methoxy groups -OCH3 is 1. The summed E-state index contributed by atoms with van der Waals surface area (Å²) >= 11 is 0. The minimum Gasteiger partial charge on any atom is -0.399 e. The van der Waals surface area contributed by atoms with Gasteiger partial charge in [0.2, 0.25) is 0 Å². The molecule has 1 aromatic heterocycles. The zero-order chi connectivity index (χ0) is 13.8. The molecular formula is C13H18N4O2. The molecule has 1 amide bonds. The van der Waals surface area contributed by atoms with Gasteiger partial charge in [0.1, 0.15) is 0 Å². The number of ether oxygens (including phenoxy) is 1. The molecule has 0 bridgehead atoms. The van der Waals surface area contributed by atoms with E-state index in [-0.39, 0.29) is 11.9 Å². The first-order valence-corrected chi connectivity index (χ1v) is 6.15. The molecule has 1 heterocycles. The molecule has 6 nitrogen and oxygen atoms in total. The number of nitrogens with two attached hydrogens (primary N) is 1. The third-order valence-electron chi connectivity index (χ3n) is 2.93. The van der Waals surface area contributed by atoms with Gasteiger partial charge in [-0.05, 0) is 31.5 Å². The van der Waals surface area contributed by atoms with E-state index in [1.54, 1.807) is 19.2 Å². The van der Waals surface area contributed by atoms with E-state index in [4.69, 9.17) is 10.5 Å². The normalized spacial score (nSPS) is 12.5.